The molecule has 0 spiro atoms. The van der Waals surface area contributed by atoms with E-state index in [1.54, 1.807) is 12.1 Å². The van der Waals surface area contributed by atoms with Gasteiger partial charge in [-0.25, -0.2) is 4.39 Å². The smallest absolute Gasteiger partial charge is 0.123 e. The lowest BCUT2D eigenvalue weighted by Gasteiger charge is -2.32. The van der Waals surface area contributed by atoms with Crippen LogP contribution >= 0.6 is 23.2 Å². The standard InChI is InChI=1S/C22H24Cl2FN3/c23-19-3-1-16(12-20(19)24)11-15-5-8-28(9-6-15)10-7-26-22-14-17-13-18(25)2-4-21(17)27-22/h1-4,12-15,26-27H,5-11H2. The van der Waals surface area contributed by atoms with Gasteiger partial charge in [0.1, 0.15) is 11.6 Å². The number of rotatable bonds is 6. The van der Waals surface area contributed by atoms with Crippen molar-refractivity contribution in [1.29, 1.82) is 0 Å². The maximum Gasteiger partial charge on any atom is 0.123 e. The predicted octanol–water partition coefficient (Wildman–Crippen LogP) is 5.98. The van der Waals surface area contributed by atoms with Gasteiger partial charge >= 0.3 is 0 Å². The Morgan fingerprint density at radius 1 is 1.04 bits per heavy atom. The molecule has 2 N–H and O–H groups in total. The number of nitrogens with zero attached hydrogens (tertiary/aromatic N) is 1. The fourth-order valence-electron chi connectivity index (χ4n) is 3.96. The highest BCUT2D eigenvalue weighted by Crippen LogP contribution is 2.27. The van der Waals surface area contributed by atoms with Crippen molar-refractivity contribution in [3.05, 3.63) is 63.9 Å². The van der Waals surface area contributed by atoms with Crippen LogP contribution in [0.4, 0.5) is 10.2 Å². The molecule has 0 radical (unpaired) electrons. The minimum Gasteiger partial charge on any atom is -0.370 e. The van der Waals surface area contributed by atoms with Crippen molar-refractivity contribution in [2.45, 2.75) is 19.3 Å². The van der Waals surface area contributed by atoms with Gasteiger partial charge in [-0.3, -0.25) is 0 Å². The minimum atomic E-state index is -0.207. The number of fused-ring (bicyclic) bond motifs is 1. The lowest BCUT2D eigenvalue weighted by molar-refractivity contribution is 0.190. The summed E-state index contributed by atoms with van der Waals surface area (Å²) in [5, 5.41) is 5.57. The molecule has 1 aliphatic rings. The van der Waals surface area contributed by atoms with E-state index in [4.69, 9.17) is 23.2 Å². The van der Waals surface area contributed by atoms with E-state index in [9.17, 15) is 4.39 Å². The zero-order valence-electron chi connectivity index (χ0n) is 15.6. The molecule has 3 aromatic rings. The van der Waals surface area contributed by atoms with Crippen LogP contribution in [-0.2, 0) is 6.42 Å². The molecular formula is C22H24Cl2FN3. The average molecular weight is 420 g/mol. The Bertz CT molecular complexity index is 948. The predicted molar refractivity (Wildman–Crippen MR) is 116 cm³/mol. The van der Waals surface area contributed by atoms with E-state index >= 15 is 0 Å². The second-order valence-electron chi connectivity index (χ2n) is 7.58. The van der Waals surface area contributed by atoms with Gasteiger partial charge in [-0.2, -0.15) is 0 Å². The second kappa shape index (κ2) is 8.73. The van der Waals surface area contributed by atoms with Crippen LogP contribution in [0.5, 0.6) is 0 Å². The number of nitrogens with one attached hydrogen (secondary N) is 2. The highest BCUT2D eigenvalue weighted by atomic mass is 35.5. The van der Waals surface area contributed by atoms with Crippen LogP contribution in [-0.4, -0.2) is 36.1 Å². The number of H-pyrrole nitrogens is 1. The first-order chi connectivity index (χ1) is 13.6. The SMILES string of the molecule is Fc1ccc2[nH]c(NCCN3CCC(Cc4ccc(Cl)c(Cl)c4)CC3)cc2c1. The van der Waals surface area contributed by atoms with Gasteiger partial charge in [-0.15, -0.1) is 0 Å². The normalized spacial score (nSPS) is 16.0. The van der Waals surface area contributed by atoms with Crippen molar-refractivity contribution in [1.82, 2.24) is 9.88 Å². The van der Waals surface area contributed by atoms with Gasteiger partial charge < -0.3 is 15.2 Å². The van der Waals surface area contributed by atoms with Crippen molar-refractivity contribution in [3.8, 4) is 0 Å². The van der Waals surface area contributed by atoms with E-state index in [0.29, 0.717) is 16.0 Å². The quantitative estimate of drug-likeness (QED) is 0.514. The van der Waals surface area contributed by atoms with Gasteiger partial charge in [-0.1, -0.05) is 29.3 Å². The van der Waals surface area contributed by atoms with E-state index in [2.05, 4.69) is 21.3 Å². The van der Waals surface area contributed by atoms with Crippen molar-refractivity contribution in [2.75, 3.05) is 31.5 Å². The van der Waals surface area contributed by atoms with Gasteiger partial charge in [0.15, 0.2) is 0 Å². The summed E-state index contributed by atoms with van der Waals surface area (Å²) >= 11 is 12.1. The minimum absolute atomic E-state index is 0.207. The molecule has 1 aliphatic heterocycles. The molecule has 1 fully saturated rings. The summed E-state index contributed by atoms with van der Waals surface area (Å²) in [7, 11) is 0. The van der Waals surface area contributed by atoms with Crippen molar-refractivity contribution in [3.63, 3.8) is 0 Å². The zero-order chi connectivity index (χ0) is 19.5. The van der Waals surface area contributed by atoms with Crippen LogP contribution in [0.3, 0.4) is 0 Å². The molecule has 148 valence electrons. The lowest BCUT2D eigenvalue weighted by atomic mass is 9.90. The van der Waals surface area contributed by atoms with Gasteiger partial charge in [0, 0.05) is 24.0 Å². The van der Waals surface area contributed by atoms with Crippen molar-refractivity contribution in [2.24, 2.45) is 5.92 Å². The first-order valence-electron chi connectivity index (χ1n) is 9.75. The molecule has 1 saturated heterocycles. The van der Waals surface area contributed by atoms with E-state index in [0.717, 1.165) is 49.3 Å². The molecule has 4 rings (SSSR count). The monoisotopic (exact) mass is 419 g/mol. The molecule has 0 bridgehead atoms. The molecule has 2 heterocycles. The van der Waals surface area contributed by atoms with Crippen molar-refractivity contribution < 1.29 is 4.39 Å². The Morgan fingerprint density at radius 2 is 1.86 bits per heavy atom. The Morgan fingerprint density at radius 3 is 2.64 bits per heavy atom. The van der Waals surface area contributed by atoms with E-state index in [1.165, 1.54) is 24.5 Å². The topological polar surface area (TPSA) is 31.1 Å². The molecule has 6 heteroatoms. The maximum atomic E-state index is 13.3. The molecule has 0 atom stereocenters. The summed E-state index contributed by atoms with van der Waals surface area (Å²) in [5.74, 6) is 1.43. The molecule has 0 aliphatic carbocycles. The Kier molecular flexibility index (Phi) is 6.10. The third kappa shape index (κ3) is 4.80. The number of benzene rings is 2. The van der Waals surface area contributed by atoms with E-state index < -0.39 is 0 Å². The van der Waals surface area contributed by atoms with Crippen molar-refractivity contribution >= 4 is 39.9 Å². The molecule has 3 nitrogen and oxygen atoms in total. The highest BCUT2D eigenvalue weighted by molar-refractivity contribution is 6.42. The Balaban J connectivity index is 1.21. The van der Waals surface area contributed by atoms with Crippen LogP contribution < -0.4 is 5.32 Å². The summed E-state index contributed by atoms with van der Waals surface area (Å²) in [4.78, 5) is 5.79. The van der Waals surface area contributed by atoms with E-state index in [-0.39, 0.29) is 5.82 Å². The van der Waals surface area contributed by atoms with Crippen LogP contribution in [0.1, 0.15) is 18.4 Å². The van der Waals surface area contributed by atoms with Crippen LogP contribution in [0, 0.1) is 11.7 Å². The molecule has 2 aromatic carbocycles. The number of aromatic nitrogens is 1. The molecule has 28 heavy (non-hydrogen) atoms. The first kappa shape index (κ1) is 19.6. The van der Waals surface area contributed by atoms with Crippen LogP contribution in [0.25, 0.3) is 10.9 Å². The molecule has 1 aromatic heterocycles. The van der Waals surface area contributed by atoms with Crippen LogP contribution in [0.15, 0.2) is 42.5 Å². The number of likely N-dealkylation sites (tertiary alicyclic amines) is 1. The molecule has 0 unspecified atom stereocenters. The largest absolute Gasteiger partial charge is 0.370 e. The number of hydrogen-bond acceptors (Lipinski definition) is 2. The second-order valence-corrected chi connectivity index (χ2v) is 8.39. The summed E-state index contributed by atoms with van der Waals surface area (Å²) in [6.45, 7) is 4.10. The first-order valence-corrected chi connectivity index (χ1v) is 10.5. The summed E-state index contributed by atoms with van der Waals surface area (Å²) in [5.41, 5.74) is 2.22. The van der Waals surface area contributed by atoms with Gasteiger partial charge in [-0.05, 0) is 80.2 Å². The number of halogens is 3. The number of hydrogen-bond donors (Lipinski definition) is 2. The van der Waals surface area contributed by atoms with Gasteiger partial charge in [0.2, 0.25) is 0 Å². The molecule has 0 amide bonds. The number of anilines is 1. The summed E-state index contributed by atoms with van der Waals surface area (Å²) in [6.07, 6.45) is 3.46. The Labute approximate surface area is 174 Å². The fourth-order valence-corrected chi connectivity index (χ4v) is 4.28. The summed E-state index contributed by atoms with van der Waals surface area (Å²) < 4.78 is 13.3. The molecule has 0 saturated carbocycles. The van der Waals surface area contributed by atoms with Crippen LogP contribution in [0.2, 0.25) is 10.0 Å². The van der Waals surface area contributed by atoms with Gasteiger partial charge in [0.25, 0.3) is 0 Å². The number of aromatic amines is 1. The Hall–Kier alpha value is -1.75. The summed E-state index contributed by atoms with van der Waals surface area (Å²) in [6, 6.07) is 12.7. The lowest BCUT2D eigenvalue weighted by Crippen LogP contribution is -2.37. The maximum absolute atomic E-state index is 13.3. The molecular weight excluding hydrogens is 396 g/mol. The third-order valence-corrected chi connectivity index (χ3v) is 6.28. The number of piperidine rings is 1. The fraction of sp³-hybridized carbons (Fsp3) is 0.364. The zero-order valence-corrected chi connectivity index (χ0v) is 17.2. The van der Waals surface area contributed by atoms with E-state index in [1.807, 2.05) is 18.2 Å². The van der Waals surface area contributed by atoms with Gasteiger partial charge in [0.05, 0.1) is 10.0 Å². The third-order valence-electron chi connectivity index (χ3n) is 5.54. The average Bonchev–Trinajstić information content (AvgIpc) is 3.08. The highest BCUT2D eigenvalue weighted by Gasteiger charge is 2.19.